The van der Waals surface area contributed by atoms with E-state index >= 15 is 0 Å². The minimum Gasteiger partial charge on any atom is -0.461 e. The first-order valence-electron chi connectivity index (χ1n) is 4.92. The van der Waals surface area contributed by atoms with E-state index in [0.29, 0.717) is 0 Å². The molecule has 0 aliphatic carbocycles. The summed E-state index contributed by atoms with van der Waals surface area (Å²) in [6.45, 7) is 0. The minimum absolute atomic E-state index is 0.108. The Morgan fingerprint density at radius 2 is 1.88 bits per heavy atom. The van der Waals surface area contributed by atoms with Gasteiger partial charge >= 0.3 is 0 Å². The molecule has 0 unspecified atom stereocenters. The highest BCUT2D eigenvalue weighted by Crippen LogP contribution is 2.05. The molecule has 0 amide bonds. The Morgan fingerprint density at radius 1 is 1.12 bits per heavy atom. The second-order valence-electron chi connectivity index (χ2n) is 3.42. The molecule has 3 heteroatoms. The molecule has 2 aromatic rings. The van der Waals surface area contributed by atoms with Crippen LogP contribution in [0.2, 0.25) is 0 Å². The van der Waals surface area contributed by atoms with E-state index in [9.17, 15) is 9.59 Å². The summed E-state index contributed by atoms with van der Waals surface area (Å²) in [4.78, 5) is 22.8. The molecule has 0 saturated carbocycles. The Labute approximate surface area is 92.3 Å². The number of benzene rings is 1. The third-order valence-electron chi connectivity index (χ3n) is 2.18. The third-order valence-corrected chi connectivity index (χ3v) is 2.18. The average molecular weight is 214 g/mol. The van der Waals surface area contributed by atoms with Crippen LogP contribution in [0, 0.1) is 0 Å². The van der Waals surface area contributed by atoms with Crippen LogP contribution in [0.5, 0.6) is 0 Å². The molecule has 0 saturated heterocycles. The fourth-order valence-electron chi connectivity index (χ4n) is 1.40. The summed E-state index contributed by atoms with van der Waals surface area (Å²) in [6, 6.07) is 11.8. The van der Waals surface area contributed by atoms with Crippen molar-refractivity contribution in [3.05, 3.63) is 70.3 Å². The quantitative estimate of drug-likeness (QED) is 0.735. The molecule has 0 radical (unpaired) electrons. The smallest absolute Gasteiger partial charge is 0.202 e. The Kier molecular flexibility index (Phi) is 2.96. The van der Waals surface area contributed by atoms with Crippen molar-refractivity contribution in [2.75, 3.05) is 0 Å². The van der Waals surface area contributed by atoms with Crippen LogP contribution >= 0.6 is 0 Å². The zero-order valence-electron chi connectivity index (χ0n) is 8.55. The molecule has 0 spiro atoms. The number of Topliss-reactive ketones (excluding diaryl/α,β-unsaturated/α-hetero) is 1. The molecule has 0 fully saturated rings. The zero-order valence-corrected chi connectivity index (χ0v) is 8.55. The van der Waals surface area contributed by atoms with Crippen molar-refractivity contribution in [2.45, 2.75) is 6.42 Å². The molecule has 16 heavy (non-hydrogen) atoms. The van der Waals surface area contributed by atoms with Crippen LogP contribution in [0.1, 0.15) is 16.1 Å². The van der Waals surface area contributed by atoms with Gasteiger partial charge in [-0.15, -0.1) is 0 Å². The van der Waals surface area contributed by atoms with Gasteiger partial charge in [-0.3, -0.25) is 9.59 Å². The molecule has 0 atom stereocenters. The van der Waals surface area contributed by atoms with E-state index < -0.39 is 0 Å². The number of hydrogen-bond donors (Lipinski definition) is 0. The van der Waals surface area contributed by atoms with Crippen molar-refractivity contribution >= 4 is 5.78 Å². The first-order chi connectivity index (χ1) is 7.75. The maximum absolute atomic E-state index is 11.7. The van der Waals surface area contributed by atoms with Gasteiger partial charge in [0, 0.05) is 18.6 Å². The lowest BCUT2D eigenvalue weighted by atomic mass is 10.1. The van der Waals surface area contributed by atoms with Crippen molar-refractivity contribution < 1.29 is 9.21 Å². The maximum Gasteiger partial charge on any atom is 0.202 e. The van der Waals surface area contributed by atoms with Crippen molar-refractivity contribution in [3.63, 3.8) is 0 Å². The SMILES string of the molecule is O=C(Cc1ccccc1)c1cc(=O)cco1. The molecule has 1 aromatic carbocycles. The summed E-state index contributed by atoms with van der Waals surface area (Å²) in [7, 11) is 0. The second kappa shape index (κ2) is 4.57. The van der Waals surface area contributed by atoms with E-state index in [-0.39, 0.29) is 23.4 Å². The number of rotatable bonds is 3. The van der Waals surface area contributed by atoms with Gasteiger partial charge in [0.2, 0.25) is 5.78 Å². The van der Waals surface area contributed by atoms with Crippen molar-refractivity contribution in [2.24, 2.45) is 0 Å². The van der Waals surface area contributed by atoms with Crippen molar-refractivity contribution in [1.82, 2.24) is 0 Å². The molecule has 0 N–H and O–H groups in total. The molecule has 3 nitrogen and oxygen atoms in total. The molecule has 2 rings (SSSR count). The van der Waals surface area contributed by atoms with E-state index in [2.05, 4.69) is 0 Å². The summed E-state index contributed by atoms with van der Waals surface area (Å²) in [5.41, 5.74) is 0.682. The summed E-state index contributed by atoms with van der Waals surface area (Å²) in [6.07, 6.45) is 1.48. The van der Waals surface area contributed by atoms with Gasteiger partial charge in [-0.2, -0.15) is 0 Å². The van der Waals surface area contributed by atoms with Crippen LogP contribution < -0.4 is 5.43 Å². The van der Waals surface area contributed by atoms with Gasteiger partial charge in [-0.1, -0.05) is 30.3 Å². The first kappa shape index (κ1) is 10.4. The number of carbonyl (C=O) groups is 1. The van der Waals surface area contributed by atoms with Crippen molar-refractivity contribution in [1.29, 1.82) is 0 Å². The zero-order chi connectivity index (χ0) is 11.4. The number of ketones is 1. The normalized spacial score (nSPS) is 10.0. The minimum atomic E-state index is -0.220. The molecule has 1 heterocycles. The Bertz CT molecular complexity index is 540. The van der Waals surface area contributed by atoms with Crippen LogP contribution in [0.3, 0.4) is 0 Å². The van der Waals surface area contributed by atoms with Gasteiger partial charge in [-0.05, 0) is 5.56 Å². The standard InChI is InChI=1S/C13H10O3/c14-11-6-7-16-13(9-11)12(15)8-10-4-2-1-3-5-10/h1-7,9H,8H2. The van der Waals surface area contributed by atoms with E-state index in [1.54, 1.807) is 0 Å². The van der Waals surface area contributed by atoms with Gasteiger partial charge in [0.15, 0.2) is 11.2 Å². The van der Waals surface area contributed by atoms with Gasteiger partial charge in [0.05, 0.1) is 6.26 Å². The molecular formula is C13H10O3. The first-order valence-corrected chi connectivity index (χ1v) is 4.92. The van der Waals surface area contributed by atoms with Crippen LogP contribution in [0.15, 0.2) is 57.9 Å². The Hall–Kier alpha value is -2.16. The third kappa shape index (κ3) is 2.45. The maximum atomic E-state index is 11.7. The lowest BCUT2D eigenvalue weighted by molar-refractivity contribution is 0.0964. The largest absolute Gasteiger partial charge is 0.461 e. The fourth-order valence-corrected chi connectivity index (χ4v) is 1.40. The highest BCUT2D eigenvalue weighted by atomic mass is 16.3. The molecule has 0 bridgehead atoms. The number of hydrogen-bond acceptors (Lipinski definition) is 3. The summed E-state index contributed by atoms with van der Waals surface area (Å²) < 4.78 is 4.99. The summed E-state index contributed by atoms with van der Waals surface area (Å²) >= 11 is 0. The average Bonchev–Trinajstić information content (AvgIpc) is 2.30. The van der Waals surface area contributed by atoms with Crippen LogP contribution in [0.4, 0.5) is 0 Å². The van der Waals surface area contributed by atoms with E-state index in [4.69, 9.17) is 4.42 Å². The van der Waals surface area contributed by atoms with Gasteiger partial charge in [0.25, 0.3) is 0 Å². The predicted octanol–water partition coefficient (Wildman–Crippen LogP) is 2.07. The number of carbonyl (C=O) groups excluding carboxylic acids is 1. The Morgan fingerprint density at radius 3 is 2.56 bits per heavy atom. The highest BCUT2D eigenvalue weighted by Gasteiger charge is 2.09. The van der Waals surface area contributed by atoms with Crippen molar-refractivity contribution in [3.8, 4) is 0 Å². The second-order valence-corrected chi connectivity index (χ2v) is 3.42. The van der Waals surface area contributed by atoms with Crippen LogP contribution in [0.25, 0.3) is 0 Å². The Balaban J connectivity index is 2.18. The highest BCUT2D eigenvalue weighted by molar-refractivity contribution is 5.94. The van der Waals surface area contributed by atoms with E-state index in [1.165, 1.54) is 18.4 Å². The molecule has 0 aliphatic heterocycles. The lowest BCUT2D eigenvalue weighted by Crippen LogP contribution is -2.07. The van der Waals surface area contributed by atoms with Crippen LogP contribution in [-0.4, -0.2) is 5.78 Å². The fraction of sp³-hybridized carbons (Fsp3) is 0.0769. The van der Waals surface area contributed by atoms with Gasteiger partial charge < -0.3 is 4.42 Å². The van der Waals surface area contributed by atoms with E-state index in [0.717, 1.165) is 5.56 Å². The molecule has 80 valence electrons. The van der Waals surface area contributed by atoms with Gasteiger partial charge in [0.1, 0.15) is 0 Å². The molecular weight excluding hydrogens is 204 g/mol. The molecule has 1 aromatic heterocycles. The topological polar surface area (TPSA) is 47.3 Å². The van der Waals surface area contributed by atoms with Crippen LogP contribution in [-0.2, 0) is 6.42 Å². The summed E-state index contributed by atoms with van der Waals surface area (Å²) in [5, 5.41) is 0. The van der Waals surface area contributed by atoms with Gasteiger partial charge in [-0.25, -0.2) is 0 Å². The lowest BCUT2D eigenvalue weighted by Gasteiger charge is -1.99. The van der Waals surface area contributed by atoms with E-state index in [1.807, 2.05) is 30.3 Å². The predicted molar refractivity (Wildman–Crippen MR) is 59.5 cm³/mol. The summed E-state index contributed by atoms with van der Waals surface area (Å²) in [5.74, 6) is -0.0831. The monoisotopic (exact) mass is 214 g/mol. The molecule has 0 aliphatic rings.